The number of rotatable bonds is 11. The van der Waals surface area contributed by atoms with E-state index in [0.717, 1.165) is 57.4 Å². The monoisotopic (exact) mass is 713 g/mol. The number of halogens is 2. The van der Waals surface area contributed by atoms with Crippen LogP contribution in [-0.4, -0.2) is 74.4 Å². The van der Waals surface area contributed by atoms with Crippen molar-refractivity contribution in [3.63, 3.8) is 0 Å². The van der Waals surface area contributed by atoms with Gasteiger partial charge in [-0.3, -0.25) is 24.2 Å². The van der Waals surface area contributed by atoms with Crippen molar-refractivity contribution < 1.29 is 19.4 Å². The maximum atomic E-state index is 11.5. The number of aryl methyl sites for hydroxylation is 1. The fourth-order valence-electron chi connectivity index (χ4n) is 6.92. The maximum Gasteiger partial charge on any atom is 0.307 e. The molecule has 1 amide bonds. The van der Waals surface area contributed by atoms with Gasteiger partial charge in [-0.1, -0.05) is 59.6 Å². The first kappa shape index (κ1) is 33.9. The Morgan fingerprint density at radius 1 is 1.08 bits per heavy atom. The molecule has 7 rings (SSSR count). The molecule has 0 unspecified atom stereocenters. The normalized spacial score (nSPS) is 17.8. The summed E-state index contributed by atoms with van der Waals surface area (Å²) in [4.78, 5) is 34.6. The van der Waals surface area contributed by atoms with E-state index in [0.29, 0.717) is 66.3 Å². The first-order valence-corrected chi connectivity index (χ1v) is 17.3. The van der Waals surface area contributed by atoms with Crippen molar-refractivity contribution in [2.75, 3.05) is 26.7 Å². The number of carbonyl (C=O) groups excluding carboxylic acids is 1. The molecule has 0 spiro atoms. The Morgan fingerprint density at radius 2 is 1.90 bits per heavy atom. The number of nitrogens with zero attached hydrogens (tertiary/aromatic N) is 5. The fraction of sp³-hybridized carbons (Fsp3) is 0.324. The van der Waals surface area contributed by atoms with E-state index in [-0.39, 0.29) is 17.9 Å². The fourth-order valence-corrected chi connectivity index (χ4v) is 7.57. The van der Waals surface area contributed by atoms with Gasteiger partial charge in [0, 0.05) is 85.1 Å². The van der Waals surface area contributed by atoms with Crippen LogP contribution in [0, 0.1) is 5.92 Å². The number of nitrogens with one attached hydrogen (secondary N) is 2. The standard InChI is InChI=1S/C37H37Cl2N7O4/c1-45-31-16-21(6-9-27(31)30(44-45)20-46-15-13-23(19-46)37(48)49)35-34(39)26(12-14-41-35)25-4-3-5-28(33(25)38)29-10-7-22(36(43-29)50-2)17-40-18-24-8-11-32(47)42-24/h3-7,9-10,12,14,16,23-24,40H,8,11,13,15,17-20H2,1-2H3,(H,42,47)(H,48,49)/t23-,24+/m0/s1. The largest absolute Gasteiger partial charge is 0.481 e. The maximum absolute atomic E-state index is 11.5. The molecule has 258 valence electrons. The Morgan fingerprint density at radius 3 is 2.66 bits per heavy atom. The van der Waals surface area contributed by atoms with Crippen LogP contribution in [0.4, 0.5) is 0 Å². The summed E-state index contributed by atoms with van der Waals surface area (Å²) in [7, 11) is 3.50. The van der Waals surface area contributed by atoms with E-state index in [2.05, 4.69) is 20.5 Å². The van der Waals surface area contributed by atoms with E-state index in [1.54, 1.807) is 13.3 Å². The summed E-state index contributed by atoms with van der Waals surface area (Å²) < 4.78 is 7.49. The zero-order valence-corrected chi connectivity index (χ0v) is 29.3. The molecule has 50 heavy (non-hydrogen) atoms. The minimum Gasteiger partial charge on any atom is -0.481 e. The molecule has 3 aromatic heterocycles. The van der Waals surface area contributed by atoms with Crippen LogP contribution < -0.4 is 15.4 Å². The molecule has 2 atom stereocenters. The lowest BCUT2D eigenvalue weighted by atomic mass is 9.99. The van der Waals surface area contributed by atoms with Gasteiger partial charge in [0.15, 0.2) is 0 Å². The number of benzene rings is 2. The van der Waals surface area contributed by atoms with Crippen LogP contribution in [0.1, 0.15) is 30.5 Å². The van der Waals surface area contributed by atoms with Gasteiger partial charge in [0.1, 0.15) is 0 Å². The van der Waals surface area contributed by atoms with Crippen molar-refractivity contribution in [1.82, 2.24) is 35.3 Å². The number of carboxylic acid groups (broad SMARTS) is 1. The average Bonchev–Trinajstić information content (AvgIpc) is 3.84. The molecule has 13 heteroatoms. The number of fused-ring (bicyclic) bond motifs is 1. The Bertz CT molecular complexity index is 2100. The molecule has 5 aromatic rings. The van der Waals surface area contributed by atoms with Crippen LogP contribution in [0.3, 0.4) is 0 Å². The molecule has 2 aliphatic rings. The number of pyridine rings is 2. The van der Waals surface area contributed by atoms with Crippen molar-refractivity contribution >= 4 is 46.0 Å². The van der Waals surface area contributed by atoms with Crippen molar-refractivity contribution in [1.29, 1.82) is 0 Å². The van der Waals surface area contributed by atoms with E-state index in [1.165, 1.54) is 0 Å². The highest BCUT2D eigenvalue weighted by molar-refractivity contribution is 6.39. The molecule has 11 nitrogen and oxygen atoms in total. The van der Waals surface area contributed by atoms with Crippen LogP contribution >= 0.6 is 23.2 Å². The molecule has 2 aliphatic heterocycles. The second-order valence-corrected chi connectivity index (χ2v) is 13.6. The minimum absolute atomic E-state index is 0.0950. The molecule has 2 fully saturated rings. The topological polar surface area (TPSA) is 134 Å². The van der Waals surface area contributed by atoms with Gasteiger partial charge in [0.05, 0.1) is 45.7 Å². The minimum atomic E-state index is -0.744. The summed E-state index contributed by atoms with van der Waals surface area (Å²) in [5.74, 6) is -0.489. The number of ether oxygens (including phenoxy) is 1. The molecule has 5 heterocycles. The molecular formula is C37H37Cl2N7O4. The first-order chi connectivity index (χ1) is 24.2. The zero-order valence-electron chi connectivity index (χ0n) is 27.7. The van der Waals surface area contributed by atoms with Gasteiger partial charge in [0.2, 0.25) is 11.8 Å². The van der Waals surface area contributed by atoms with E-state index in [4.69, 9.17) is 38.0 Å². The summed E-state index contributed by atoms with van der Waals surface area (Å²) in [5, 5.41) is 22.5. The molecule has 2 saturated heterocycles. The third kappa shape index (κ3) is 6.78. The van der Waals surface area contributed by atoms with Gasteiger partial charge in [-0.05, 0) is 37.6 Å². The SMILES string of the molecule is COc1nc(-c2cccc(-c3ccnc(-c4ccc5c(CN6CC[C@H](C(=O)O)C6)nn(C)c5c4)c3Cl)c2Cl)ccc1CNC[C@H]1CCC(=O)N1. The highest BCUT2D eigenvalue weighted by Gasteiger charge is 2.29. The zero-order chi connectivity index (χ0) is 34.9. The number of carbonyl (C=O) groups is 2. The predicted molar refractivity (Wildman–Crippen MR) is 193 cm³/mol. The molecule has 0 aliphatic carbocycles. The first-order valence-electron chi connectivity index (χ1n) is 16.6. The Hall–Kier alpha value is -4.55. The lowest BCUT2D eigenvalue weighted by Gasteiger charge is -2.15. The lowest BCUT2D eigenvalue weighted by Crippen LogP contribution is -2.35. The number of amides is 1. The number of likely N-dealkylation sites (tertiary alicyclic amines) is 1. The van der Waals surface area contributed by atoms with Gasteiger partial charge < -0.3 is 20.5 Å². The Labute approximate surface area is 299 Å². The molecule has 3 N–H and O–H groups in total. The number of methoxy groups -OCH3 is 1. The Kier molecular flexibility index (Phi) is 9.74. The number of carboxylic acids is 1. The molecule has 0 radical (unpaired) electrons. The van der Waals surface area contributed by atoms with Crippen molar-refractivity contribution in [3.05, 3.63) is 82.1 Å². The van der Waals surface area contributed by atoms with Crippen molar-refractivity contribution in [2.24, 2.45) is 13.0 Å². The number of aromatic nitrogens is 4. The lowest BCUT2D eigenvalue weighted by molar-refractivity contribution is -0.141. The quantitative estimate of drug-likeness (QED) is 0.152. The number of hydrogen-bond acceptors (Lipinski definition) is 8. The smallest absolute Gasteiger partial charge is 0.307 e. The number of hydrogen-bond donors (Lipinski definition) is 3. The summed E-state index contributed by atoms with van der Waals surface area (Å²) in [6.07, 6.45) is 3.77. The highest BCUT2D eigenvalue weighted by atomic mass is 35.5. The molecule has 2 aromatic carbocycles. The summed E-state index contributed by atoms with van der Waals surface area (Å²) >= 11 is 14.2. The van der Waals surface area contributed by atoms with Gasteiger partial charge >= 0.3 is 5.97 Å². The van der Waals surface area contributed by atoms with Gasteiger partial charge in [0.25, 0.3) is 0 Å². The van der Waals surface area contributed by atoms with Crippen molar-refractivity contribution in [2.45, 2.75) is 38.4 Å². The van der Waals surface area contributed by atoms with Crippen molar-refractivity contribution in [3.8, 4) is 39.5 Å². The van der Waals surface area contributed by atoms with Crippen LogP contribution in [0.25, 0.3) is 44.5 Å². The third-order valence-electron chi connectivity index (χ3n) is 9.57. The van der Waals surface area contributed by atoms with E-state index < -0.39 is 5.97 Å². The van der Waals surface area contributed by atoms with Gasteiger partial charge in [-0.2, -0.15) is 5.10 Å². The highest BCUT2D eigenvalue weighted by Crippen LogP contribution is 2.42. The van der Waals surface area contributed by atoms with E-state index in [1.807, 2.05) is 66.3 Å². The number of aliphatic carboxylic acids is 1. The summed E-state index contributed by atoms with van der Waals surface area (Å²) in [6.45, 7) is 3.07. The van der Waals surface area contributed by atoms with Crippen LogP contribution in [0.2, 0.25) is 10.0 Å². The second-order valence-electron chi connectivity index (χ2n) is 12.8. The second kappa shape index (κ2) is 14.4. The molecule has 0 bridgehead atoms. The summed E-state index contributed by atoms with van der Waals surface area (Å²) in [6, 6.07) is 17.7. The van der Waals surface area contributed by atoms with Crippen LogP contribution in [0.15, 0.2) is 60.8 Å². The van der Waals surface area contributed by atoms with Gasteiger partial charge in [-0.15, -0.1) is 0 Å². The Balaban J connectivity index is 1.13. The van der Waals surface area contributed by atoms with Crippen LogP contribution in [-0.2, 0) is 29.7 Å². The molecular weight excluding hydrogens is 677 g/mol. The average molecular weight is 715 g/mol. The third-order valence-corrected chi connectivity index (χ3v) is 10.4. The van der Waals surface area contributed by atoms with E-state index >= 15 is 0 Å². The predicted octanol–water partition coefficient (Wildman–Crippen LogP) is 5.95. The van der Waals surface area contributed by atoms with Crippen LogP contribution in [0.5, 0.6) is 5.88 Å². The molecule has 0 saturated carbocycles. The summed E-state index contributed by atoms with van der Waals surface area (Å²) in [5.41, 5.74) is 7.08. The van der Waals surface area contributed by atoms with Gasteiger partial charge in [-0.25, -0.2) is 4.98 Å². The van der Waals surface area contributed by atoms with E-state index in [9.17, 15) is 14.7 Å².